The zero-order valence-corrected chi connectivity index (χ0v) is 27.8. The maximum atomic E-state index is 12.7. The lowest BCUT2D eigenvalue weighted by Crippen LogP contribution is -2.38. The van der Waals surface area contributed by atoms with E-state index in [1.165, 1.54) is 6.21 Å². The Bertz CT molecular complexity index is 1520. The third-order valence-corrected chi connectivity index (χ3v) is 7.16. The van der Waals surface area contributed by atoms with Crippen molar-refractivity contribution < 1.29 is 33.3 Å². The summed E-state index contributed by atoms with van der Waals surface area (Å²) in [6.07, 6.45) is 1.88. The zero-order chi connectivity index (χ0) is 32.2. The van der Waals surface area contributed by atoms with Gasteiger partial charge in [-0.2, -0.15) is 5.10 Å². The van der Waals surface area contributed by atoms with Crippen molar-refractivity contribution in [1.29, 1.82) is 0 Å². The molecular weight excluding hydrogens is 679 g/mol. The first kappa shape index (κ1) is 34.2. The second-order valence-corrected chi connectivity index (χ2v) is 10.9. The number of amides is 3. The summed E-state index contributed by atoms with van der Waals surface area (Å²) in [7, 11) is 3.10. The lowest BCUT2D eigenvalue weighted by Gasteiger charge is -2.16. The van der Waals surface area contributed by atoms with Gasteiger partial charge in [0.2, 0.25) is 0 Å². The predicted molar refractivity (Wildman–Crippen MR) is 177 cm³/mol. The second-order valence-electron chi connectivity index (χ2n) is 9.77. The highest BCUT2D eigenvalue weighted by molar-refractivity contribution is 14.1. The van der Waals surface area contributed by atoms with E-state index >= 15 is 0 Å². The van der Waals surface area contributed by atoms with Crippen molar-refractivity contribution in [2.24, 2.45) is 5.10 Å². The lowest BCUT2D eigenvalue weighted by atomic mass is 10.1. The molecule has 3 rings (SSSR count). The van der Waals surface area contributed by atoms with Gasteiger partial charge in [-0.05, 0) is 103 Å². The Labute approximate surface area is 270 Å². The number of hydrogen-bond acceptors (Lipinski definition) is 8. The molecule has 3 aromatic rings. The van der Waals surface area contributed by atoms with Crippen LogP contribution in [0, 0.1) is 24.3 Å². The van der Waals surface area contributed by atoms with Gasteiger partial charge in [0.1, 0.15) is 0 Å². The van der Waals surface area contributed by atoms with Gasteiger partial charge in [-0.25, -0.2) is 5.43 Å². The van der Waals surface area contributed by atoms with Crippen LogP contribution < -0.4 is 35.0 Å². The van der Waals surface area contributed by atoms with Crippen LogP contribution in [0.4, 0.5) is 5.69 Å². The molecule has 0 spiro atoms. The highest BCUT2D eigenvalue weighted by Crippen LogP contribution is 2.34. The summed E-state index contributed by atoms with van der Waals surface area (Å²) >= 11 is 2.08. The summed E-state index contributed by atoms with van der Waals surface area (Å²) in [5, 5.41) is 9.40. The Morgan fingerprint density at radius 3 is 2.25 bits per heavy atom. The third-order valence-electron chi connectivity index (χ3n) is 6.35. The fourth-order valence-corrected chi connectivity index (χ4v) is 5.19. The largest absolute Gasteiger partial charge is 0.493 e. The van der Waals surface area contributed by atoms with Crippen molar-refractivity contribution in [3.05, 3.63) is 73.9 Å². The Hall–Kier alpha value is -4.33. The summed E-state index contributed by atoms with van der Waals surface area (Å²) in [5.41, 5.74) is 7.57. The molecular formula is C32H37IN4O7. The van der Waals surface area contributed by atoms with Gasteiger partial charge in [0.25, 0.3) is 5.91 Å². The molecule has 0 radical (unpaired) electrons. The van der Waals surface area contributed by atoms with Crippen LogP contribution in [0.25, 0.3) is 0 Å². The van der Waals surface area contributed by atoms with E-state index in [4.69, 9.17) is 18.9 Å². The van der Waals surface area contributed by atoms with Crippen molar-refractivity contribution in [2.45, 2.75) is 34.1 Å². The molecule has 3 amide bonds. The molecule has 0 aliphatic rings. The first-order valence-electron chi connectivity index (χ1n) is 13.8. The minimum Gasteiger partial charge on any atom is -0.493 e. The fraction of sp³-hybridized carbons (Fsp3) is 0.312. The van der Waals surface area contributed by atoms with Crippen molar-refractivity contribution in [3.63, 3.8) is 0 Å². The van der Waals surface area contributed by atoms with Gasteiger partial charge in [0.15, 0.2) is 29.6 Å². The van der Waals surface area contributed by atoms with Gasteiger partial charge >= 0.3 is 11.8 Å². The van der Waals surface area contributed by atoms with E-state index in [1.54, 1.807) is 32.4 Å². The number of nitrogens with one attached hydrogen (secondary N) is 3. The van der Waals surface area contributed by atoms with Crippen molar-refractivity contribution in [2.75, 3.05) is 39.3 Å². The third kappa shape index (κ3) is 9.59. The number of aryl methyl sites for hydroxylation is 3. The summed E-state index contributed by atoms with van der Waals surface area (Å²) in [6, 6.07) is 12.9. The average Bonchev–Trinajstić information content (AvgIpc) is 2.98. The molecule has 12 heteroatoms. The van der Waals surface area contributed by atoms with Crippen LogP contribution in [0.1, 0.15) is 34.7 Å². The summed E-state index contributed by atoms with van der Waals surface area (Å²) in [5.74, 6) is -0.00382. The predicted octanol–water partition coefficient (Wildman–Crippen LogP) is 4.46. The van der Waals surface area contributed by atoms with E-state index in [0.717, 1.165) is 27.9 Å². The number of nitrogens with zero attached hydrogens (tertiary/aromatic N) is 1. The van der Waals surface area contributed by atoms with Gasteiger partial charge in [0, 0.05) is 12.2 Å². The molecule has 3 N–H and O–H groups in total. The number of methoxy groups -OCH3 is 2. The fourth-order valence-electron chi connectivity index (χ4n) is 4.41. The monoisotopic (exact) mass is 716 g/mol. The van der Waals surface area contributed by atoms with Gasteiger partial charge in [0.05, 0.1) is 30.6 Å². The van der Waals surface area contributed by atoms with E-state index < -0.39 is 11.8 Å². The van der Waals surface area contributed by atoms with Gasteiger partial charge < -0.3 is 29.6 Å². The number of halogens is 1. The molecule has 0 fully saturated rings. The summed E-state index contributed by atoms with van der Waals surface area (Å²) in [6.45, 7) is 8.12. The van der Waals surface area contributed by atoms with Crippen molar-refractivity contribution >= 4 is 52.2 Å². The molecule has 0 bridgehead atoms. The van der Waals surface area contributed by atoms with Crippen LogP contribution in [-0.4, -0.2) is 57.9 Å². The molecule has 0 aliphatic carbocycles. The molecule has 0 aromatic heterocycles. The molecule has 0 atom stereocenters. The van der Waals surface area contributed by atoms with E-state index in [-0.39, 0.29) is 19.1 Å². The molecule has 3 aromatic carbocycles. The zero-order valence-electron chi connectivity index (χ0n) is 25.6. The number of hydrogen-bond donors (Lipinski definition) is 3. The van der Waals surface area contributed by atoms with E-state index in [0.29, 0.717) is 45.2 Å². The van der Waals surface area contributed by atoms with E-state index in [9.17, 15) is 14.4 Å². The van der Waals surface area contributed by atoms with Gasteiger partial charge in [-0.15, -0.1) is 0 Å². The normalized spacial score (nSPS) is 10.7. The SMILES string of the molecule is CCOc1cc(/C=N\NC(=O)C(=O)NCCc2ccc(OC)c(OC)c2)cc(I)c1OCC(=O)Nc1c(C)cc(C)cc1C. The van der Waals surface area contributed by atoms with Crippen LogP contribution in [0.2, 0.25) is 0 Å². The van der Waals surface area contributed by atoms with Gasteiger partial charge in [-0.3, -0.25) is 14.4 Å². The van der Waals surface area contributed by atoms with E-state index in [1.807, 2.05) is 52.0 Å². The van der Waals surface area contributed by atoms with E-state index in [2.05, 4.69) is 43.8 Å². The Morgan fingerprint density at radius 2 is 1.59 bits per heavy atom. The highest BCUT2D eigenvalue weighted by Gasteiger charge is 2.16. The first-order chi connectivity index (χ1) is 21.1. The topological polar surface area (TPSA) is 137 Å². The Balaban J connectivity index is 1.55. The maximum Gasteiger partial charge on any atom is 0.329 e. The minimum atomic E-state index is -0.904. The lowest BCUT2D eigenvalue weighted by molar-refractivity contribution is -0.139. The average molecular weight is 717 g/mol. The number of anilines is 1. The van der Waals surface area contributed by atoms with Crippen LogP contribution in [-0.2, 0) is 20.8 Å². The summed E-state index contributed by atoms with van der Waals surface area (Å²) < 4.78 is 22.8. The molecule has 0 aliphatic heterocycles. The Morgan fingerprint density at radius 1 is 0.886 bits per heavy atom. The number of benzene rings is 3. The summed E-state index contributed by atoms with van der Waals surface area (Å²) in [4.78, 5) is 37.1. The van der Waals surface area contributed by atoms with Crippen LogP contribution in [0.3, 0.4) is 0 Å². The van der Waals surface area contributed by atoms with Crippen LogP contribution >= 0.6 is 22.6 Å². The molecule has 11 nitrogen and oxygen atoms in total. The van der Waals surface area contributed by atoms with Crippen LogP contribution in [0.15, 0.2) is 47.6 Å². The molecule has 0 saturated heterocycles. The number of carbonyl (C=O) groups is 3. The highest BCUT2D eigenvalue weighted by atomic mass is 127. The smallest absolute Gasteiger partial charge is 0.329 e. The number of rotatable bonds is 13. The van der Waals surface area contributed by atoms with Crippen molar-refractivity contribution in [1.82, 2.24) is 10.7 Å². The van der Waals surface area contributed by atoms with Crippen LogP contribution in [0.5, 0.6) is 23.0 Å². The maximum absolute atomic E-state index is 12.7. The minimum absolute atomic E-state index is 0.215. The molecule has 0 saturated carbocycles. The quantitative estimate of drug-likeness (QED) is 0.103. The molecule has 234 valence electrons. The second kappa shape index (κ2) is 16.5. The van der Waals surface area contributed by atoms with Gasteiger partial charge in [-0.1, -0.05) is 23.8 Å². The molecule has 44 heavy (non-hydrogen) atoms. The number of carbonyl (C=O) groups excluding carboxylic acids is 3. The van der Waals surface area contributed by atoms with Crippen molar-refractivity contribution in [3.8, 4) is 23.0 Å². The molecule has 0 unspecified atom stereocenters. The number of hydrazone groups is 1. The Kier molecular flexibility index (Phi) is 12.8. The number of ether oxygens (including phenoxy) is 4. The molecule has 0 heterocycles. The standard InChI is InChI=1S/C32H37IN4O7/c1-7-43-27-16-23(14-24(33)30(27)44-18-28(38)36-29-20(3)12-19(2)13-21(29)4)17-35-37-32(40)31(39)34-11-10-22-8-9-25(41-5)26(15-22)42-6/h8-9,12-17H,7,10-11,18H2,1-6H3,(H,34,39)(H,36,38)(H,37,40)/b35-17-. The first-order valence-corrected chi connectivity index (χ1v) is 14.9.